The minimum absolute atomic E-state index is 0.00672. The normalized spacial score (nSPS) is 16.4. The zero-order valence-electron chi connectivity index (χ0n) is 14.4. The zero-order chi connectivity index (χ0) is 19.1. The first-order chi connectivity index (χ1) is 12.2. The second-order valence-electron chi connectivity index (χ2n) is 5.79. The molecule has 2 amide bonds. The van der Waals surface area contributed by atoms with Crippen molar-refractivity contribution >= 4 is 33.2 Å². The molecule has 1 unspecified atom stereocenters. The summed E-state index contributed by atoms with van der Waals surface area (Å²) >= 11 is 0. The summed E-state index contributed by atoms with van der Waals surface area (Å²) in [6.45, 7) is 1.64. The molecule has 0 saturated carbocycles. The molecule has 0 spiro atoms. The number of hydrogen-bond acceptors (Lipinski definition) is 5. The van der Waals surface area contributed by atoms with Gasteiger partial charge in [-0.15, -0.1) is 0 Å². The maximum absolute atomic E-state index is 12.5. The van der Waals surface area contributed by atoms with E-state index in [2.05, 4.69) is 15.4 Å². The van der Waals surface area contributed by atoms with Gasteiger partial charge in [0.1, 0.15) is 16.3 Å². The second kappa shape index (κ2) is 6.46. The Bertz CT molecular complexity index is 996. The number of fused-ring (bicyclic) bond motifs is 1. The average Bonchev–Trinajstić information content (AvgIpc) is 2.99. The smallest absolute Gasteiger partial charge is 0.272 e. The van der Waals surface area contributed by atoms with Gasteiger partial charge in [0.25, 0.3) is 11.8 Å². The number of benzene rings is 1. The molecule has 138 valence electrons. The van der Waals surface area contributed by atoms with Crippen molar-refractivity contribution in [1.82, 2.24) is 9.29 Å². The van der Waals surface area contributed by atoms with Crippen molar-refractivity contribution in [1.29, 1.82) is 0 Å². The van der Waals surface area contributed by atoms with Gasteiger partial charge in [0.2, 0.25) is 10.0 Å². The third-order valence-corrected chi connectivity index (χ3v) is 5.34. The highest BCUT2D eigenvalue weighted by Gasteiger charge is 2.24. The van der Waals surface area contributed by atoms with E-state index >= 15 is 0 Å². The zero-order valence-corrected chi connectivity index (χ0v) is 15.2. The highest BCUT2D eigenvalue weighted by Crippen LogP contribution is 2.32. The van der Waals surface area contributed by atoms with E-state index in [1.807, 2.05) is 0 Å². The number of anilines is 2. The summed E-state index contributed by atoms with van der Waals surface area (Å²) in [5, 5.41) is 5.37. The molecule has 26 heavy (non-hydrogen) atoms. The van der Waals surface area contributed by atoms with E-state index in [1.165, 1.54) is 23.9 Å². The van der Waals surface area contributed by atoms with E-state index in [4.69, 9.17) is 4.74 Å². The lowest BCUT2D eigenvalue weighted by Gasteiger charge is -2.23. The molecular weight excluding hydrogens is 360 g/mol. The minimum Gasteiger partial charge on any atom is -0.479 e. The molecular formula is C16H18N4O5S. The molecule has 2 heterocycles. The summed E-state index contributed by atoms with van der Waals surface area (Å²) in [7, 11) is -0.771. The summed E-state index contributed by atoms with van der Waals surface area (Å²) < 4.78 is 32.8. The predicted octanol–water partition coefficient (Wildman–Crippen LogP) is 0.905. The molecule has 1 aromatic carbocycles. The monoisotopic (exact) mass is 378 g/mol. The van der Waals surface area contributed by atoms with Gasteiger partial charge in [-0.1, -0.05) is 0 Å². The van der Waals surface area contributed by atoms with Gasteiger partial charge in [-0.3, -0.25) is 9.59 Å². The molecule has 0 fully saturated rings. The Labute approximate surface area is 150 Å². The fourth-order valence-corrected chi connectivity index (χ4v) is 3.31. The van der Waals surface area contributed by atoms with E-state index < -0.39 is 22.0 Å². The van der Waals surface area contributed by atoms with Gasteiger partial charge in [-0.2, -0.15) is 0 Å². The van der Waals surface area contributed by atoms with Crippen molar-refractivity contribution in [3.05, 3.63) is 36.2 Å². The van der Waals surface area contributed by atoms with Gasteiger partial charge in [-0.05, 0) is 38.2 Å². The summed E-state index contributed by atoms with van der Waals surface area (Å²) in [5.41, 5.74) is 1.06. The molecule has 1 aromatic heterocycles. The number of rotatable bonds is 4. The second-order valence-corrected chi connectivity index (χ2v) is 7.68. The number of amides is 2. The van der Waals surface area contributed by atoms with Crippen LogP contribution in [-0.4, -0.2) is 38.0 Å². The lowest BCUT2D eigenvalue weighted by Crippen LogP contribution is -2.34. The van der Waals surface area contributed by atoms with Crippen LogP contribution in [0.2, 0.25) is 0 Å². The Balaban J connectivity index is 1.83. The SMILES string of the molecule is CNS(=O)(=O)c1cc(C(=O)Nc2ccc3c(c2)NC(=O)C(C)O3)n(C)c1. The van der Waals surface area contributed by atoms with Crippen LogP contribution in [0.3, 0.4) is 0 Å². The number of ether oxygens (including phenoxy) is 1. The number of nitrogens with zero attached hydrogens (tertiary/aromatic N) is 1. The summed E-state index contributed by atoms with van der Waals surface area (Å²) in [4.78, 5) is 24.2. The number of hydrogen-bond donors (Lipinski definition) is 3. The van der Waals surface area contributed by atoms with Crippen molar-refractivity contribution in [3.63, 3.8) is 0 Å². The fraction of sp³-hybridized carbons (Fsp3) is 0.250. The number of sulfonamides is 1. The van der Waals surface area contributed by atoms with E-state index in [1.54, 1.807) is 32.2 Å². The Morgan fingerprint density at radius 1 is 1.31 bits per heavy atom. The molecule has 2 aromatic rings. The van der Waals surface area contributed by atoms with Crippen molar-refractivity contribution in [2.45, 2.75) is 17.9 Å². The van der Waals surface area contributed by atoms with Crippen LogP contribution in [0, 0.1) is 0 Å². The predicted molar refractivity (Wildman–Crippen MR) is 94.8 cm³/mol. The number of carbonyl (C=O) groups excluding carboxylic acids is 2. The molecule has 3 rings (SSSR count). The quantitative estimate of drug-likeness (QED) is 0.731. The largest absolute Gasteiger partial charge is 0.479 e. The fourth-order valence-electron chi connectivity index (χ4n) is 2.51. The molecule has 10 heteroatoms. The third kappa shape index (κ3) is 3.28. The van der Waals surface area contributed by atoms with E-state index in [0.29, 0.717) is 17.1 Å². The van der Waals surface area contributed by atoms with Crippen LogP contribution in [0.5, 0.6) is 5.75 Å². The highest BCUT2D eigenvalue weighted by molar-refractivity contribution is 7.89. The Kier molecular flexibility index (Phi) is 4.46. The molecule has 9 nitrogen and oxygen atoms in total. The standard InChI is InChI=1S/C16H18N4O5S/c1-9-15(21)19-12-6-10(4-5-14(12)25-9)18-16(22)13-7-11(8-20(13)3)26(23,24)17-2/h4-9,17H,1-3H3,(H,18,22)(H,19,21). The van der Waals surface area contributed by atoms with Gasteiger partial charge in [0, 0.05) is 18.9 Å². The van der Waals surface area contributed by atoms with Gasteiger partial charge in [-0.25, -0.2) is 13.1 Å². The highest BCUT2D eigenvalue weighted by atomic mass is 32.2. The third-order valence-electron chi connectivity index (χ3n) is 3.96. The maximum atomic E-state index is 12.5. The van der Waals surface area contributed by atoms with Crippen LogP contribution in [0.25, 0.3) is 0 Å². The average molecular weight is 378 g/mol. The lowest BCUT2D eigenvalue weighted by molar-refractivity contribution is -0.122. The van der Waals surface area contributed by atoms with Gasteiger partial charge in [0.15, 0.2) is 6.10 Å². The molecule has 1 aliphatic rings. The van der Waals surface area contributed by atoms with Crippen molar-refractivity contribution in [2.24, 2.45) is 7.05 Å². The molecule has 1 atom stereocenters. The first kappa shape index (κ1) is 18.0. The maximum Gasteiger partial charge on any atom is 0.272 e. The number of carbonyl (C=O) groups is 2. The molecule has 3 N–H and O–H groups in total. The lowest BCUT2D eigenvalue weighted by atomic mass is 10.2. The topological polar surface area (TPSA) is 119 Å². The molecule has 0 radical (unpaired) electrons. The number of nitrogens with one attached hydrogen (secondary N) is 3. The molecule has 0 bridgehead atoms. The molecule has 0 aliphatic carbocycles. The Hall–Kier alpha value is -2.85. The first-order valence-electron chi connectivity index (χ1n) is 7.74. The van der Waals surface area contributed by atoms with Crippen LogP contribution in [0.15, 0.2) is 35.4 Å². The van der Waals surface area contributed by atoms with Crippen LogP contribution in [-0.2, 0) is 21.9 Å². The summed E-state index contributed by atoms with van der Waals surface area (Å²) in [5.74, 6) is -0.247. The van der Waals surface area contributed by atoms with Crippen LogP contribution in [0.1, 0.15) is 17.4 Å². The van der Waals surface area contributed by atoms with E-state index in [9.17, 15) is 18.0 Å². The first-order valence-corrected chi connectivity index (χ1v) is 9.22. The number of aryl methyl sites for hydroxylation is 1. The van der Waals surface area contributed by atoms with Gasteiger partial charge in [0.05, 0.1) is 5.69 Å². The summed E-state index contributed by atoms with van der Waals surface area (Å²) in [6.07, 6.45) is 0.766. The molecule has 1 aliphatic heterocycles. The van der Waals surface area contributed by atoms with Gasteiger partial charge >= 0.3 is 0 Å². The minimum atomic E-state index is -3.64. The number of aromatic nitrogens is 1. The van der Waals surface area contributed by atoms with Gasteiger partial charge < -0.3 is 19.9 Å². The summed E-state index contributed by atoms with van der Waals surface area (Å²) in [6, 6.07) is 6.13. The Morgan fingerprint density at radius 3 is 2.73 bits per heavy atom. The molecule has 0 saturated heterocycles. The van der Waals surface area contributed by atoms with Crippen molar-refractivity contribution < 1.29 is 22.7 Å². The van der Waals surface area contributed by atoms with Crippen molar-refractivity contribution in [3.8, 4) is 5.75 Å². The van der Waals surface area contributed by atoms with Crippen LogP contribution in [0.4, 0.5) is 11.4 Å². The Morgan fingerprint density at radius 2 is 2.04 bits per heavy atom. The van der Waals surface area contributed by atoms with E-state index in [-0.39, 0.29) is 16.5 Å². The van der Waals surface area contributed by atoms with Crippen molar-refractivity contribution in [2.75, 3.05) is 17.7 Å². The van der Waals surface area contributed by atoms with Crippen LogP contribution < -0.4 is 20.1 Å². The van der Waals surface area contributed by atoms with Crippen LogP contribution >= 0.6 is 0 Å². The van der Waals surface area contributed by atoms with E-state index in [0.717, 1.165) is 0 Å².